The number of nitrogens with zero attached hydrogens (tertiary/aromatic N) is 3. The smallest absolute Gasteiger partial charge is 0.243 e. The lowest BCUT2D eigenvalue weighted by molar-refractivity contribution is -0.136. The number of hydrogen-bond donors (Lipinski definition) is 14. The zero-order valence-electron chi connectivity index (χ0n) is 39.9. The van der Waals surface area contributed by atoms with Gasteiger partial charge < -0.3 is 76.3 Å². The van der Waals surface area contributed by atoms with Crippen LogP contribution in [0.5, 0.6) is 0 Å². The molecular weight excluding hydrogens is 923 g/mol. The number of amides is 6. The van der Waals surface area contributed by atoms with Crippen LogP contribution in [0, 0.1) is 0 Å². The van der Waals surface area contributed by atoms with Crippen LogP contribution in [-0.2, 0) is 48.0 Å². The zero-order valence-corrected chi connectivity index (χ0v) is 39.9. The molecule has 0 radical (unpaired) electrons. The van der Waals surface area contributed by atoms with E-state index in [1.54, 1.807) is 36.7 Å². The monoisotopic (exact) mass is 988 g/mol. The Labute approximate surface area is 415 Å². The van der Waals surface area contributed by atoms with Crippen molar-refractivity contribution >= 4 is 75.1 Å². The van der Waals surface area contributed by atoms with E-state index in [0.29, 0.717) is 16.7 Å². The van der Waals surface area contributed by atoms with E-state index in [2.05, 4.69) is 56.8 Å². The minimum atomic E-state index is -1.32. The largest absolute Gasteiger partial charge is 0.370 e. The van der Waals surface area contributed by atoms with E-state index in [-0.39, 0.29) is 95.3 Å². The molecule has 0 saturated carbocycles. The Morgan fingerprint density at radius 2 is 0.694 bits per heavy atom. The van der Waals surface area contributed by atoms with Crippen LogP contribution in [0.25, 0.3) is 21.8 Å². The van der Waals surface area contributed by atoms with E-state index in [4.69, 9.17) is 34.4 Å². The highest BCUT2D eigenvalue weighted by Crippen LogP contribution is 2.22. The number of H-pyrrole nitrogens is 2. The van der Waals surface area contributed by atoms with Gasteiger partial charge in [0.2, 0.25) is 35.4 Å². The second-order valence-corrected chi connectivity index (χ2v) is 17.5. The third-order valence-corrected chi connectivity index (χ3v) is 12.1. The van der Waals surface area contributed by atoms with Gasteiger partial charge in [-0.25, -0.2) is 0 Å². The highest BCUT2D eigenvalue weighted by atomic mass is 16.2. The standard InChI is InChI=1S/C49H65N17O6/c50-47(51)56-20-8-17-35-41(67)62-37(19-10-22-58-49(54)55)43(69)65-40(25-30-27-60-34-16-7-5-14-32(30)34)46(72)64-38(23-28-11-2-1-3-12-28)44(70)66-39(24-29-26-59-33-15-6-4-13-31(29)33)45(71)63-36(42(68)61-35)18-9-21-57-48(52)53/h1-7,11-16,26-27,35-40,59-60H,8-10,17-25H2,(H,61,68)(H,62,67)(H,63,71)(H,64,72)(H,65,69)(H,66,70)(H4,50,51,56)(H4,52,53,57)(H4,54,55,58)/t35-,36-,37-,38-,39-,40-/m0/s1. The highest BCUT2D eigenvalue weighted by Gasteiger charge is 2.36. The number of aromatic amines is 2. The number of benzene rings is 3. The van der Waals surface area contributed by atoms with Crippen LogP contribution in [0.1, 0.15) is 55.2 Å². The van der Waals surface area contributed by atoms with Crippen molar-refractivity contribution in [2.45, 2.75) is 94.0 Å². The second-order valence-electron chi connectivity index (χ2n) is 17.5. The molecule has 2 aromatic heterocycles. The first-order valence-electron chi connectivity index (χ1n) is 23.8. The highest BCUT2D eigenvalue weighted by molar-refractivity contribution is 5.99. The maximum atomic E-state index is 14.9. The van der Waals surface area contributed by atoms with Gasteiger partial charge in [0.05, 0.1) is 0 Å². The SMILES string of the molecule is NC(N)=NCCC[C@@H]1NC(=O)[C@H](CCCN=C(N)N)NC(=O)[C@H](Cc2c[nH]c3ccccc23)NC(=O)[C@H](Cc2ccccc2)NC(=O)[C@H](Cc2c[nH]c3ccccc23)NC(=O)[C@H](CCCN=C(N)N)NC1=O. The summed E-state index contributed by atoms with van der Waals surface area (Å²) in [6, 6.07) is 16.0. The van der Waals surface area contributed by atoms with Crippen molar-refractivity contribution in [1.29, 1.82) is 0 Å². The summed E-state index contributed by atoms with van der Waals surface area (Å²) in [6.07, 6.45) is 3.94. The third kappa shape index (κ3) is 15.4. The summed E-state index contributed by atoms with van der Waals surface area (Å²) in [5.41, 5.74) is 37.1. The summed E-state index contributed by atoms with van der Waals surface area (Å²) in [4.78, 5) is 107. The van der Waals surface area contributed by atoms with E-state index in [0.717, 1.165) is 21.8 Å². The van der Waals surface area contributed by atoms with E-state index in [1.165, 1.54) is 0 Å². The van der Waals surface area contributed by atoms with E-state index in [9.17, 15) is 28.8 Å². The number of guanidine groups is 3. The molecule has 3 aromatic carbocycles. The molecule has 0 spiro atoms. The number of aliphatic imine (C=N–C) groups is 3. The molecule has 3 heterocycles. The van der Waals surface area contributed by atoms with Crippen LogP contribution in [0.4, 0.5) is 0 Å². The van der Waals surface area contributed by atoms with Crippen molar-refractivity contribution in [3.05, 3.63) is 108 Å². The minimum absolute atomic E-state index is 0.00915. The molecule has 23 nitrogen and oxygen atoms in total. The first-order valence-corrected chi connectivity index (χ1v) is 23.8. The lowest BCUT2D eigenvalue weighted by atomic mass is 9.99. The molecular formula is C49H65N17O6. The molecule has 0 bridgehead atoms. The predicted molar refractivity (Wildman–Crippen MR) is 275 cm³/mol. The Hall–Kier alpha value is -8.63. The Kier molecular flexibility index (Phi) is 18.9. The van der Waals surface area contributed by atoms with Crippen LogP contribution in [0.15, 0.2) is 106 Å². The molecule has 0 unspecified atom stereocenters. The average Bonchev–Trinajstić information content (AvgIpc) is 3.96. The van der Waals surface area contributed by atoms with Crippen molar-refractivity contribution in [2.24, 2.45) is 49.4 Å². The molecule has 72 heavy (non-hydrogen) atoms. The number of carbonyl (C=O) groups excluding carboxylic acids is 6. The van der Waals surface area contributed by atoms with Gasteiger partial charge >= 0.3 is 0 Å². The van der Waals surface area contributed by atoms with Crippen LogP contribution in [0.2, 0.25) is 0 Å². The number of nitrogens with two attached hydrogens (primary N) is 6. The quantitative estimate of drug-likeness (QED) is 0.0279. The van der Waals surface area contributed by atoms with Gasteiger partial charge in [-0.05, 0) is 67.3 Å². The van der Waals surface area contributed by atoms with E-state index >= 15 is 0 Å². The number of para-hydroxylation sites is 2. The van der Waals surface area contributed by atoms with Gasteiger partial charge in [-0.3, -0.25) is 43.7 Å². The molecule has 5 aromatic rings. The van der Waals surface area contributed by atoms with E-state index in [1.807, 2.05) is 54.6 Å². The van der Waals surface area contributed by atoms with Crippen molar-refractivity contribution in [3.8, 4) is 0 Å². The van der Waals surface area contributed by atoms with Crippen molar-refractivity contribution in [2.75, 3.05) is 19.6 Å². The zero-order chi connectivity index (χ0) is 51.6. The Morgan fingerprint density at radius 1 is 0.389 bits per heavy atom. The second kappa shape index (κ2) is 25.8. The number of fused-ring (bicyclic) bond motifs is 2. The summed E-state index contributed by atoms with van der Waals surface area (Å²) in [6.45, 7) is 0.283. The minimum Gasteiger partial charge on any atom is -0.370 e. The van der Waals surface area contributed by atoms with Gasteiger partial charge in [0.25, 0.3) is 0 Å². The Balaban J connectivity index is 1.44. The number of aromatic nitrogens is 2. The fraction of sp³-hybridized carbons (Fsp3) is 0.367. The summed E-state index contributed by atoms with van der Waals surface area (Å²) >= 11 is 0. The molecule has 1 fully saturated rings. The Bertz CT molecular complexity index is 2660. The molecule has 1 aliphatic heterocycles. The number of nitrogens with one attached hydrogen (secondary N) is 8. The van der Waals surface area contributed by atoms with Crippen LogP contribution in [0.3, 0.4) is 0 Å². The summed E-state index contributed by atoms with van der Waals surface area (Å²) in [5, 5.41) is 18.6. The summed E-state index contributed by atoms with van der Waals surface area (Å²) in [7, 11) is 0. The lowest BCUT2D eigenvalue weighted by Crippen LogP contribution is -2.62. The van der Waals surface area contributed by atoms with Crippen LogP contribution >= 0.6 is 0 Å². The number of rotatable bonds is 18. The summed E-state index contributed by atoms with van der Waals surface area (Å²) < 4.78 is 0. The third-order valence-electron chi connectivity index (χ3n) is 12.1. The fourth-order valence-corrected chi connectivity index (χ4v) is 8.47. The van der Waals surface area contributed by atoms with Crippen LogP contribution in [-0.4, -0.2) is 119 Å². The normalized spacial score (nSPS) is 20.4. The van der Waals surface area contributed by atoms with Gasteiger partial charge in [-0.2, -0.15) is 0 Å². The molecule has 1 aliphatic rings. The van der Waals surface area contributed by atoms with Gasteiger partial charge in [0.1, 0.15) is 36.3 Å². The van der Waals surface area contributed by atoms with Gasteiger partial charge in [-0.1, -0.05) is 66.7 Å². The molecule has 6 amide bonds. The maximum Gasteiger partial charge on any atom is 0.243 e. The molecule has 23 heteroatoms. The van der Waals surface area contributed by atoms with Crippen LogP contribution < -0.4 is 66.3 Å². The van der Waals surface area contributed by atoms with Gasteiger partial charge in [0, 0.05) is 73.1 Å². The number of carbonyl (C=O) groups is 6. The maximum absolute atomic E-state index is 14.9. The topological polar surface area (TPSA) is 399 Å². The van der Waals surface area contributed by atoms with Crippen molar-refractivity contribution in [1.82, 2.24) is 41.9 Å². The molecule has 0 aliphatic carbocycles. The van der Waals surface area contributed by atoms with Gasteiger partial charge in [-0.15, -0.1) is 0 Å². The van der Waals surface area contributed by atoms with Crippen molar-refractivity contribution in [3.63, 3.8) is 0 Å². The Morgan fingerprint density at radius 3 is 1.06 bits per heavy atom. The van der Waals surface area contributed by atoms with E-state index < -0.39 is 71.7 Å². The molecule has 6 atom stereocenters. The first kappa shape index (κ1) is 52.7. The lowest BCUT2D eigenvalue weighted by Gasteiger charge is -2.29. The predicted octanol–water partition coefficient (Wildman–Crippen LogP) is -1.24. The molecule has 6 rings (SSSR count). The molecule has 20 N–H and O–H groups in total. The first-order chi connectivity index (χ1) is 34.6. The fourth-order valence-electron chi connectivity index (χ4n) is 8.47. The molecule has 382 valence electrons. The van der Waals surface area contributed by atoms with Crippen molar-refractivity contribution < 1.29 is 28.8 Å². The summed E-state index contributed by atoms with van der Waals surface area (Å²) in [5.74, 6) is -4.96. The molecule has 1 saturated heterocycles. The number of hydrogen-bond acceptors (Lipinski definition) is 9. The average molecular weight is 988 g/mol. The van der Waals surface area contributed by atoms with Gasteiger partial charge in [0.15, 0.2) is 17.9 Å².